The largest absolute Gasteiger partial charge is 0.266 e. The first-order valence-electron chi connectivity index (χ1n) is 3.74. The molecule has 0 radical (unpaired) electrons. The van der Waals surface area contributed by atoms with Gasteiger partial charge in [-0.25, -0.2) is 0 Å². The van der Waals surface area contributed by atoms with Crippen LogP contribution in [0.15, 0.2) is 16.3 Å². The standard InChI is InChI=1S/C9H15N.CH4/c1-7-8(5-6-10-7)9(2,3)4;/h6H,5H2,1-4H3;1H4. The van der Waals surface area contributed by atoms with Crippen LogP contribution in [0.1, 0.15) is 41.5 Å². The molecule has 0 saturated carbocycles. The smallest absolute Gasteiger partial charge is 0.0369 e. The topological polar surface area (TPSA) is 12.4 Å². The quantitative estimate of drug-likeness (QED) is 0.505. The van der Waals surface area contributed by atoms with Crippen LogP contribution >= 0.6 is 0 Å². The van der Waals surface area contributed by atoms with Gasteiger partial charge in [0.15, 0.2) is 0 Å². The number of allylic oxidation sites excluding steroid dienone is 2. The molecule has 1 heterocycles. The molecule has 0 atom stereocenters. The van der Waals surface area contributed by atoms with Crippen LogP contribution in [0.2, 0.25) is 0 Å². The van der Waals surface area contributed by atoms with Crippen LogP contribution in [-0.4, -0.2) is 6.21 Å². The maximum atomic E-state index is 4.24. The molecule has 0 fully saturated rings. The highest BCUT2D eigenvalue weighted by Crippen LogP contribution is 2.32. The second-order valence-electron chi connectivity index (χ2n) is 3.83. The second kappa shape index (κ2) is 3.21. The maximum Gasteiger partial charge on any atom is 0.0369 e. The minimum absolute atomic E-state index is 0. The van der Waals surface area contributed by atoms with E-state index in [1.807, 2.05) is 6.21 Å². The Balaban J connectivity index is 0.000001000. The fraction of sp³-hybridized carbons (Fsp3) is 0.700. The van der Waals surface area contributed by atoms with Crippen molar-refractivity contribution in [2.75, 3.05) is 0 Å². The van der Waals surface area contributed by atoms with Gasteiger partial charge in [0.25, 0.3) is 0 Å². The number of rotatable bonds is 0. The van der Waals surface area contributed by atoms with Crippen molar-refractivity contribution in [3.05, 3.63) is 11.3 Å². The summed E-state index contributed by atoms with van der Waals surface area (Å²) in [6.45, 7) is 8.80. The molecule has 0 saturated heterocycles. The number of hydrogen-bond donors (Lipinski definition) is 0. The Morgan fingerprint density at radius 2 is 1.91 bits per heavy atom. The molecule has 1 aliphatic rings. The fourth-order valence-corrected chi connectivity index (χ4v) is 1.35. The van der Waals surface area contributed by atoms with Gasteiger partial charge in [0.05, 0.1) is 0 Å². The molecule has 0 aromatic heterocycles. The molecular formula is C10H19N. The minimum Gasteiger partial charge on any atom is -0.266 e. The highest BCUT2D eigenvalue weighted by molar-refractivity contribution is 5.67. The van der Waals surface area contributed by atoms with Crippen molar-refractivity contribution in [1.82, 2.24) is 0 Å². The summed E-state index contributed by atoms with van der Waals surface area (Å²) in [5.41, 5.74) is 3.00. The third-order valence-corrected chi connectivity index (χ3v) is 1.92. The summed E-state index contributed by atoms with van der Waals surface area (Å²) in [4.78, 5) is 4.24. The Morgan fingerprint density at radius 1 is 1.36 bits per heavy atom. The van der Waals surface area contributed by atoms with Crippen molar-refractivity contribution >= 4 is 6.21 Å². The van der Waals surface area contributed by atoms with E-state index >= 15 is 0 Å². The predicted molar refractivity (Wildman–Crippen MR) is 52.0 cm³/mol. The second-order valence-corrected chi connectivity index (χ2v) is 3.83. The highest BCUT2D eigenvalue weighted by atomic mass is 14.8. The third-order valence-electron chi connectivity index (χ3n) is 1.92. The van der Waals surface area contributed by atoms with Gasteiger partial charge in [-0.05, 0) is 17.9 Å². The highest BCUT2D eigenvalue weighted by Gasteiger charge is 2.20. The van der Waals surface area contributed by atoms with Gasteiger partial charge in [0.2, 0.25) is 0 Å². The van der Waals surface area contributed by atoms with Gasteiger partial charge >= 0.3 is 0 Å². The van der Waals surface area contributed by atoms with E-state index < -0.39 is 0 Å². The van der Waals surface area contributed by atoms with E-state index in [0.717, 1.165) is 6.42 Å². The molecule has 0 unspecified atom stereocenters. The first-order chi connectivity index (χ1) is 4.52. The molecular weight excluding hydrogens is 134 g/mol. The average molecular weight is 153 g/mol. The summed E-state index contributed by atoms with van der Waals surface area (Å²) in [6, 6.07) is 0. The Labute approximate surface area is 70.2 Å². The van der Waals surface area contributed by atoms with Crippen molar-refractivity contribution in [3.63, 3.8) is 0 Å². The maximum absolute atomic E-state index is 4.24. The van der Waals surface area contributed by atoms with Gasteiger partial charge < -0.3 is 0 Å². The molecule has 0 spiro atoms. The van der Waals surface area contributed by atoms with Gasteiger partial charge in [0.1, 0.15) is 0 Å². The molecule has 0 N–H and O–H groups in total. The minimum atomic E-state index is 0. The first kappa shape index (κ1) is 10.4. The zero-order valence-corrected chi connectivity index (χ0v) is 7.23. The average Bonchev–Trinajstić information content (AvgIpc) is 2.11. The van der Waals surface area contributed by atoms with Crippen LogP contribution in [0.5, 0.6) is 0 Å². The number of aliphatic imine (C=N–C) groups is 1. The lowest BCUT2D eigenvalue weighted by Gasteiger charge is -2.20. The van der Waals surface area contributed by atoms with Crippen LogP contribution in [0.25, 0.3) is 0 Å². The van der Waals surface area contributed by atoms with Crippen LogP contribution < -0.4 is 0 Å². The SMILES string of the molecule is C.CC1=C(C(C)(C)C)CC=N1. The Morgan fingerprint density at radius 3 is 2.09 bits per heavy atom. The molecule has 0 bridgehead atoms. The Kier molecular flexibility index (Phi) is 3.03. The van der Waals surface area contributed by atoms with Crippen molar-refractivity contribution in [3.8, 4) is 0 Å². The van der Waals surface area contributed by atoms with E-state index in [9.17, 15) is 0 Å². The molecule has 0 aliphatic carbocycles. The summed E-state index contributed by atoms with van der Waals surface area (Å²) in [7, 11) is 0. The van der Waals surface area contributed by atoms with Crippen molar-refractivity contribution < 1.29 is 0 Å². The zero-order chi connectivity index (χ0) is 7.78. The summed E-state index contributed by atoms with van der Waals surface area (Å²) in [6.07, 6.45) is 3.05. The van der Waals surface area contributed by atoms with Crippen LogP contribution in [0.3, 0.4) is 0 Å². The van der Waals surface area contributed by atoms with Crippen molar-refractivity contribution in [2.24, 2.45) is 10.4 Å². The van der Waals surface area contributed by atoms with E-state index in [1.165, 1.54) is 11.3 Å². The molecule has 11 heavy (non-hydrogen) atoms. The fourth-order valence-electron chi connectivity index (χ4n) is 1.35. The monoisotopic (exact) mass is 153 g/mol. The van der Waals surface area contributed by atoms with Gasteiger partial charge in [-0.1, -0.05) is 28.2 Å². The lowest BCUT2D eigenvalue weighted by atomic mass is 9.84. The third kappa shape index (κ3) is 2.18. The van der Waals surface area contributed by atoms with E-state index in [2.05, 4.69) is 32.7 Å². The molecule has 64 valence electrons. The molecule has 0 amide bonds. The van der Waals surface area contributed by atoms with Gasteiger partial charge in [-0.15, -0.1) is 0 Å². The molecule has 1 rings (SSSR count). The van der Waals surface area contributed by atoms with Crippen molar-refractivity contribution in [1.29, 1.82) is 0 Å². The summed E-state index contributed by atoms with van der Waals surface area (Å²) in [5.74, 6) is 0. The van der Waals surface area contributed by atoms with Gasteiger partial charge in [-0.2, -0.15) is 0 Å². The lowest BCUT2D eigenvalue weighted by Crippen LogP contribution is -2.09. The Bertz CT molecular complexity index is 191. The molecule has 0 aromatic rings. The normalized spacial score (nSPS) is 17.1. The summed E-state index contributed by atoms with van der Waals surface area (Å²) >= 11 is 0. The molecule has 0 aromatic carbocycles. The van der Waals surface area contributed by atoms with Crippen LogP contribution in [0, 0.1) is 5.41 Å². The first-order valence-corrected chi connectivity index (χ1v) is 3.74. The van der Waals surface area contributed by atoms with Gasteiger partial charge in [0, 0.05) is 18.3 Å². The number of hydrogen-bond acceptors (Lipinski definition) is 1. The van der Waals surface area contributed by atoms with E-state index in [-0.39, 0.29) is 7.43 Å². The van der Waals surface area contributed by atoms with Crippen molar-refractivity contribution in [2.45, 2.75) is 41.5 Å². The summed E-state index contributed by atoms with van der Waals surface area (Å²) < 4.78 is 0. The van der Waals surface area contributed by atoms with E-state index in [4.69, 9.17) is 0 Å². The summed E-state index contributed by atoms with van der Waals surface area (Å²) in [5, 5.41) is 0. The Hall–Kier alpha value is -0.590. The van der Waals surface area contributed by atoms with E-state index in [1.54, 1.807) is 0 Å². The molecule has 1 nitrogen and oxygen atoms in total. The van der Waals surface area contributed by atoms with Crippen LogP contribution in [0.4, 0.5) is 0 Å². The van der Waals surface area contributed by atoms with E-state index in [0.29, 0.717) is 5.41 Å². The van der Waals surface area contributed by atoms with Crippen LogP contribution in [-0.2, 0) is 0 Å². The predicted octanol–water partition coefficient (Wildman–Crippen LogP) is 3.42. The molecule has 1 heteroatoms. The zero-order valence-electron chi connectivity index (χ0n) is 7.23. The lowest BCUT2D eigenvalue weighted by molar-refractivity contribution is 0.495. The van der Waals surface area contributed by atoms with Gasteiger partial charge in [-0.3, -0.25) is 4.99 Å². The molecule has 1 aliphatic heterocycles. The number of nitrogens with zero attached hydrogens (tertiary/aromatic N) is 1.